The van der Waals surface area contributed by atoms with Crippen LogP contribution in [0.4, 0.5) is 0 Å². The number of fused-ring (bicyclic) bond motifs is 1. The predicted octanol–water partition coefficient (Wildman–Crippen LogP) is 3.82. The van der Waals surface area contributed by atoms with E-state index >= 15 is 0 Å². The molecule has 5 rings (SSSR count). The van der Waals surface area contributed by atoms with E-state index in [-0.39, 0.29) is 17.4 Å². The van der Waals surface area contributed by atoms with Crippen LogP contribution >= 0.6 is 0 Å². The molecule has 1 aliphatic carbocycles. The molecule has 3 aliphatic rings. The maximum absolute atomic E-state index is 6.44. The van der Waals surface area contributed by atoms with Gasteiger partial charge >= 0.3 is 0 Å². The van der Waals surface area contributed by atoms with Gasteiger partial charge in [-0.1, -0.05) is 30.3 Å². The Bertz CT molecular complexity index is 714. The van der Waals surface area contributed by atoms with Gasteiger partial charge in [0.1, 0.15) is 5.92 Å². The maximum Gasteiger partial charge on any atom is 0.196 e. The van der Waals surface area contributed by atoms with E-state index in [4.69, 9.17) is 9.47 Å². The van der Waals surface area contributed by atoms with E-state index in [0.29, 0.717) is 13.2 Å². The topological polar surface area (TPSA) is 22.3 Å². The molecule has 0 saturated carbocycles. The summed E-state index contributed by atoms with van der Waals surface area (Å²) in [5, 5.41) is 0. The molecule has 3 heteroatoms. The van der Waals surface area contributed by atoms with Gasteiger partial charge in [0.15, 0.2) is 23.7 Å². The predicted molar refractivity (Wildman–Crippen MR) is 92.8 cm³/mol. The fourth-order valence-electron chi connectivity index (χ4n) is 4.99. The van der Waals surface area contributed by atoms with E-state index in [0.717, 1.165) is 0 Å². The Morgan fingerprint density at radius 2 is 1.54 bits per heavy atom. The summed E-state index contributed by atoms with van der Waals surface area (Å²) in [6.45, 7) is 9.97. The summed E-state index contributed by atoms with van der Waals surface area (Å²) in [4.78, 5) is 0. The van der Waals surface area contributed by atoms with Crippen LogP contribution in [-0.4, -0.2) is 19.0 Å². The molecule has 0 N–H and O–H groups in total. The zero-order valence-electron chi connectivity index (χ0n) is 15.0. The van der Waals surface area contributed by atoms with Crippen LogP contribution in [0.2, 0.25) is 0 Å². The van der Waals surface area contributed by atoms with E-state index in [2.05, 4.69) is 80.9 Å². The molecular weight excluding hydrogens is 298 g/mol. The van der Waals surface area contributed by atoms with E-state index in [1.54, 1.807) is 0 Å². The molecule has 24 heavy (non-hydrogen) atoms. The second-order valence-corrected chi connectivity index (χ2v) is 7.25. The van der Waals surface area contributed by atoms with Crippen LogP contribution in [0, 0.1) is 5.41 Å². The Hall–Kier alpha value is -1.71. The van der Waals surface area contributed by atoms with E-state index in [1.165, 1.54) is 16.8 Å². The van der Waals surface area contributed by atoms with Crippen LogP contribution in [-0.2, 0) is 9.47 Å². The number of nitrogens with zero attached hydrogens (tertiary/aromatic N) is 1. The van der Waals surface area contributed by atoms with Gasteiger partial charge in [-0.25, -0.2) is 0 Å². The highest BCUT2D eigenvalue weighted by Gasteiger charge is 2.70. The molecule has 0 unspecified atom stereocenters. The monoisotopic (exact) mass is 324 g/mol. The first-order chi connectivity index (χ1) is 11.6. The summed E-state index contributed by atoms with van der Waals surface area (Å²) in [7, 11) is 0. The van der Waals surface area contributed by atoms with Crippen LogP contribution in [0.25, 0.3) is 0 Å². The van der Waals surface area contributed by atoms with Crippen LogP contribution in [0.5, 0.6) is 0 Å². The fraction of sp³-hybridized carbons (Fsp3) is 0.476. The van der Waals surface area contributed by atoms with Gasteiger partial charge in [0.2, 0.25) is 0 Å². The minimum atomic E-state index is -0.642. The van der Waals surface area contributed by atoms with Crippen molar-refractivity contribution < 1.29 is 14.0 Å². The highest BCUT2D eigenvalue weighted by molar-refractivity contribution is 5.45. The first kappa shape index (κ1) is 15.8. The third-order valence-electron chi connectivity index (χ3n) is 5.78. The number of benzene rings is 1. The molecular formula is C21H26NO2+. The summed E-state index contributed by atoms with van der Waals surface area (Å²) in [6, 6.07) is 15.4. The zero-order chi connectivity index (χ0) is 16.9. The Balaban J connectivity index is 2.07. The molecule has 2 aliphatic heterocycles. The summed E-state index contributed by atoms with van der Waals surface area (Å²) in [5.41, 5.74) is 3.83. The summed E-state index contributed by atoms with van der Waals surface area (Å²) < 4.78 is 15.3. The average Bonchev–Trinajstić information content (AvgIpc) is 2.58. The summed E-state index contributed by atoms with van der Waals surface area (Å²) in [6.07, 6.45) is 2.20. The van der Waals surface area contributed by atoms with Crippen LogP contribution in [0.1, 0.15) is 56.5 Å². The average molecular weight is 324 g/mol. The largest absolute Gasteiger partial charge is 0.348 e. The quantitative estimate of drug-likeness (QED) is 0.630. The molecule has 3 heterocycles. The van der Waals surface area contributed by atoms with Gasteiger partial charge in [0, 0.05) is 30.9 Å². The molecule has 2 atom stereocenters. The van der Waals surface area contributed by atoms with Crippen molar-refractivity contribution >= 4 is 0 Å². The van der Waals surface area contributed by atoms with E-state index < -0.39 is 5.79 Å². The smallest absolute Gasteiger partial charge is 0.196 e. The molecule has 0 radical (unpaired) electrons. The number of ether oxygens (including phenoxy) is 2. The second-order valence-electron chi connectivity index (χ2n) is 7.25. The van der Waals surface area contributed by atoms with E-state index in [1.807, 2.05) is 0 Å². The molecule has 0 amide bonds. The zero-order valence-corrected chi connectivity index (χ0v) is 15.0. The lowest BCUT2D eigenvalue weighted by Crippen LogP contribution is -2.71. The molecule has 0 saturated heterocycles. The fourth-order valence-corrected chi connectivity index (χ4v) is 4.99. The molecule has 1 aromatic heterocycles. The van der Waals surface area contributed by atoms with Crippen molar-refractivity contribution in [3.05, 3.63) is 65.5 Å². The lowest BCUT2D eigenvalue weighted by Gasteiger charge is -2.57. The number of rotatable bonds is 4. The first-order valence-corrected chi connectivity index (χ1v) is 8.95. The molecule has 126 valence electrons. The number of pyridine rings is 1. The van der Waals surface area contributed by atoms with Crippen LogP contribution in [0.3, 0.4) is 0 Å². The van der Waals surface area contributed by atoms with Gasteiger partial charge in [-0.3, -0.25) is 0 Å². The third kappa shape index (κ3) is 1.77. The summed E-state index contributed by atoms with van der Waals surface area (Å²) >= 11 is 0. The lowest BCUT2D eigenvalue weighted by molar-refractivity contribution is -0.755. The molecule has 2 aromatic rings. The standard InChI is InChI=1S/C21H26NO2/c1-5-23-21(24-6-2)18-15-11-7-8-12-16(15)19(20(21,3)4)22-14-10-9-13-17(18)22/h7-14,18-19H,5-6H2,1-4H3/q+1/t18-,19-/m1/s1. The Morgan fingerprint density at radius 1 is 0.917 bits per heavy atom. The minimum Gasteiger partial charge on any atom is -0.348 e. The van der Waals surface area contributed by atoms with Crippen molar-refractivity contribution in [2.75, 3.05) is 13.2 Å². The van der Waals surface area contributed by atoms with Gasteiger partial charge < -0.3 is 9.47 Å². The van der Waals surface area contributed by atoms with Gasteiger partial charge in [-0.15, -0.1) is 0 Å². The normalized spacial score (nSPS) is 25.2. The Morgan fingerprint density at radius 3 is 2.21 bits per heavy atom. The third-order valence-corrected chi connectivity index (χ3v) is 5.78. The van der Waals surface area contributed by atoms with E-state index in [9.17, 15) is 0 Å². The van der Waals surface area contributed by atoms with Crippen molar-refractivity contribution in [3.8, 4) is 0 Å². The second kappa shape index (κ2) is 5.40. The van der Waals surface area contributed by atoms with Crippen LogP contribution < -0.4 is 4.57 Å². The first-order valence-electron chi connectivity index (χ1n) is 8.95. The minimum absolute atomic E-state index is 0.0785. The number of aromatic nitrogens is 1. The summed E-state index contributed by atoms with van der Waals surface area (Å²) in [5.74, 6) is -0.563. The molecule has 2 bridgehead atoms. The maximum atomic E-state index is 6.44. The Labute approximate surface area is 144 Å². The lowest BCUT2D eigenvalue weighted by atomic mass is 9.57. The van der Waals surface area contributed by atoms with Gasteiger partial charge in [0.05, 0.1) is 5.41 Å². The number of hydrogen-bond donors (Lipinski definition) is 0. The van der Waals surface area contributed by atoms with Crippen molar-refractivity contribution in [2.24, 2.45) is 5.41 Å². The van der Waals surface area contributed by atoms with Crippen molar-refractivity contribution in [2.45, 2.75) is 45.4 Å². The van der Waals surface area contributed by atoms with Crippen molar-refractivity contribution in [1.82, 2.24) is 0 Å². The highest BCUT2D eigenvalue weighted by Crippen LogP contribution is 2.61. The van der Waals surface area contributed by atoms with Gasteiger partial charge in [-0.2, -0.15) is 4.57 Å². The molecule has 0 fully saturated rings. The van der Waals surface area contributed by atoms with Crippen LogP contribution in [0.15, 0.2) is 48.7 Å². The van der Waals surface area contributed by atoms with Gasteiger partial charge in [-0.05, 0) is 33.3 Å². The SMILES string of the molecule is CCOC1(OCC)[C@@H]2c3ccccc3[C@@H]([n+]3ccccc32)C1(C)C. The van der Waals surface area contributed by atoms with Crippen molar-refractivity contribution in [1.29, 1.82) is 0 Å². The molecule has 0 spiro atoms. The Kier molecular flexibility index (Phi) is 3.55. The highest BCUT2D eigenvalue weighted by atomic mass is 16.7. The molecule has 1 aromatic carbocycles. The number of hydrogen-bond acceptors (Lipinski definition) is 2. The molecule has 3 nitrogen and oxygen atoms in total. The van der Waals surface area contributed by atoms with Gasteiger partial charge in [0.25, 0.3) is 0 Å². The van der Waals surface area contributed by atoms with Crippen molar-refractivity contribution in [3.63, 3.8) is 0 Å².